The van der Waals surface area contributed by atoms with Gasteiger partial charge in [0.2, 0.25) is 10.0 Å². The second-order valence-corrected chi connectivity index (χ2v) is 9.76. The molecule has 0 aliphatic carbocycles. The van der Waals surface area contributed by atoms with Crippen molar-refractivity contribution >= 4 is 51.0 Å². The quantitative estimate of drug-likeness (QED) is 0.249. The average molecular weight is 508 g/mol. The molecular formula is C22H22ClN3O7S. The predicted octanol–water partition coefficient (Wildman–Crippen LogP) is 3.62. The zero-order valence-electron chi connectivity index (χ0n) is 18.0. The van der Waals surface area contributed by atoms with Crippen LogP contribution in [0.5, 0.6) is 0 Å². The van der Waals surface area contributed by atoms with E-state index < -0.39 is 33.4 Å². The number of amides is 1. The Bertz CT molecular complexity index is 1220. The predicted molar refractivity (Wildman–Crippen MR) is 126 cm³/mol. The number of anilines is 1. The monoisotopic (exact) mass is 507 g/mol. The molecule has 10 nitrogen and oxygen atoms in total. The van der Waals surface area contributed by atoms with Gasteiger partial charge in [-0.25, -0.2) is 13.2 Å². The Hall–Kier alpha value is -3.28. The first kappa shape index (κ1) is 25.3. The van der Waals surface area contributed by atoms with E-state index in [4.69, 9.17) is 16.3 Å². The largest absolute Gasteiger partial charge is 0.452 e. The molecule has 12 heteroatoms. The van der Waals surface area contributed by atoms with E-state index in [0.717, 1.165) is 25.3 Å². The average Bonchev–Trinajstić information content (AvgIpc) is 2.83. The van der Waals surface area contributed by atoms with Crippen molar-refractivity contribution in [3.63, 3.8) is 0 Å². The maximum absolute atomic E-state index is 12.9. The molecule has 1 N–H and O–H groups in total. The van der Waals surface area contributed by atoms with Crippen molar-refractivity contribution < 1.29 is 27.7 Å². The van der Waals surface area contributed by atoms with Crippen LogP contribution in [-0.4, -0.2) is 49.2 Å². The lowest BCUT2D eigenvalue weighted by atomic mass is 10.1. The number of esters is 1. The number of hydrogen-bond acceptors (Lipinski definition) is 7. The molecule has 0 radical (unpaired) electrons. The number of nitrogens with zero attached hydrogens (tertiary/aromatic N) is 2. The van der Waals surface area contributed by atoms with Crippen molar-refractivity contribution in [2.45, 2.75) is 24.2 Å². The lowest BCUT2D eigenvalue weighted by Gasteiger charge is -2.26. The van der Waals surface area contributed by atoms with E-state index in [9.17, 15) is 28.1 Å². The van der Waals surface area contributed by atoms with Crippen LogP contribution in [0.4, 0.5) is 11.4 Å². The summed E-state index contributed by atoms with van der Waals surface area (Å²) in [7, 11) is -3.73. The first-order chi connectivity index (χ1) is 16.2. The van der Waals surface area contributed by atoms with Crippen LogP contribution in [0.25, 0.3) is 6.08 Å². The molecule has 1 aliphatic heterocycles. The van der Waals surface area contributed by atoms with Crippen molar-refractivity contribution in [1.82, 2.24) is 4.31 Å². The number of sulfonamides is 1. The van der Waals surface area contributed by atoms with E-state index in [1.54, 1.807) is 6.07 Å². The molecule has 0 unspecified atom stereocenters. The third-order valence-electron chi connectivity index (χ3n) is 5.04. The van der Waals surface area contributed by atoms with Crippen LogP contribution in [0.15, 0.2) is 53.4 Å². The van der Waals surface area contributed by atoms with E-state index >= 15 is 0 Å². The highest BCUT2D eigenvalue weighted by molar-refractivity contribution is 7.89. The van der Waals surface area contributed by atoms with Crippen molar-refractivity contribution in [3.8, 4) is 0 Å². The molecule has 0 atom stereocenters. The fraction of sp³-hybridized carbons (Fsp3) is 0.273. The summed E-state index contributed by atoms with van der Waals surface area (Å²) in [5.41, 5.74) is 0.0852. The van der Waals surface area contributed by atoms with Crippen LogP contribution in [0.3, 0.4) is 0 Å². The van der Waals surface area contributed by atoms with E-state index in [-0.39, 0.29) is 26.9 Å². The molecule has 1 amide bonds. The van der Waals surface area contributed by atoms with Gasteiger partial charge < -0.3 is 10.1 Å². The Morgan fingerprint density at radius 2 is 1.85 bits per heavy atom. The Kier molecular flexibility index (Phi) is 8.37. The lowest BCUT2D eigenvalue weighted by molar-refractivity contribution is -0.385. The summed E-state index contributed by atoms with van der Waals surface area (Å²) in [6, 6.07) is 9.83. The third-order valence-corrected chi connectivity index (χ3v) is 7.27. The number of nitro groups is 1. The van der Waals surface area contributed by atoms with Crippen molar-refractivity contribution in [2.75, 3.05) is 25.0 Å². The zero-order valence-corrected chi connectivity index (χ0v) is 19.5. The molecule has 0 saturated carbocycles. The van der Waals surface area contributed by atoms with Gasteiger partial charge in [0.15, 0.2) is 6.61 Å². The Morgan fingerprint density at radius 1 is 1.15 bits per heavy atom. The Labute approximate surface area is 201 Å². The molecule has 1 fully saturated rings. The maximum atomic E-state index is 12.9. The summed E-state index contributed by atoms with van der Waals surface area (Å²) in [5, 5.41) is 13.6. The molecule has 180 valence electrons. The first-order valence-corrected chi connectivity index (χ1v) is 12.2. The van der Waals surface area contributed by atoms with Crippen LogP contribution >= 0.6 is 11.6 Å². The van der Waals surface area contributed by atoms with E-state index in [1.807, 2.05) is 0 Å². The minimum absolute atomic E-state index is 0.00140. The summed E-state index contributed by atoms with van der Waals surface area (Å²) in [6.07, 6.45) is 4.73. The molecule has 1 aliphatic rings. The topological polar surface area (TPSA) is 136 Å². The van der Waals surface area contributed by atoms with Crippen LogP contribution in [-0.2, 0) is 24.3 Å². The van der Waals surface area contributed by atoms with Gasteiger partial charge in [0.1, 0.15) is 0 Å². The maximum Gasteiger partial charge on any atom is 0.331 e. The summed E-state index contributed by atoms with van der Waals surface area (Å²) in [6.45, 7) is 0.198. The van der Waals surface area contributed by atoms with Crippen LogP contribution < -0.4 is 5.32 Å². The Balaban J connectivity index is 1.61. The number of nitro benzene ring substituents is 1. The van der Waals surface area contributed by atoms with Gasteiger partial charge in [-0.3, -0.25) is 14.9 Å². The van der Waals surface area contributed by atoms with Crippen molar-refractivity contribution in [1.29, 1.82) is 0 Å². The first-order valence-electron chi connectivity index (χ1n) is 10.4. The molecule has 2 aromatic carbocycles. The highest BCUT2D eigenvalue weighted by Crippen LogP contribution is 2.28. The molecule has 1 saturated heterocycles. The minimum Gasteiger partial charge on any atom is -0.452 e. The molecule has 34 heavy (non-hydrogen) atoms. The zero-order chi connectivity index (χ0) is 24.7. The minimum atomic E-state index is -3.73. The molecule has 0 bridgehead atoms. The van der Waals surface area contributed by atoms with E-state index in [1.165, 1.54) is 46.8 Å². The smallest absolute Gasteiger partial charge is 0.331 e. The van der Waals surface area contributed by atoms with Gasteiger partial charge in [-0.15, -0.1) is 0 Å². The van der Waals surface area contributed by atoms with Crippen molar-refractivity contribution in [2.24, 2.45) is 0 Å². The van der Waals surface area contributed by atoms with Gasteiger partial charge in [0.05, 0.1) is 26.1 Å². The van der Waals surface area contributed by atoms with Gasteiger partial charge in [-0.1, -0.05) is 30.2 Å². The van der Waals surface area contributed by atoms with Gasteiger partial charge in [-0.2, -0.15) is 4.31 Å². The third kappa shape index (κ3) is 6.40. The number of carbonyl (C=O) groups is 2. The second-order valence-electron chi connectivity index (χ2n) is 7.41. The lowest BCUT2D eigenvalue weighted by Crippen LogP contribution is -2.35. The Morgan fingerprint density at radius 3 is 2.56 bits per heavy atom. The van der Waals surface area contributed by atoms with Gasteiger partial charge in [0.25, 0.3) is 11.6 Å². The molecule has 0 spiro atoms. The SMILES string of the molecule is O=C(COC(=O)/C=C/c1ccccc1[N+](=O)[O-])Nc1cc(S(=O)(=O)N2CCCCC2)ccc1Cl. The number of halogens is 1. The number of ether oxygens (including phenoxy) is 1. The van der Waals surface area contributed by atoms with Crippen LogP contribution in [0.1, 0.15) is 24.8 Å². The van der Waals surface area contributed by atoms with E-state index in [0.29, 0.717) is 13.1 Å². The summed E-state index contributed by atoms with van der Waals surface area (Å²) < 4.78 is 32.0. The normalized spacial score (nSPS) is 14.6. The van der Waals surface area contributed by atoms with Crippen molar-refractivity contribution in [3.05, 3.63) is 69.2 Å². The fourth-order valence-electron chi connectivity index (χ4n) is 3.34. The summed E-state index contributed by atoms with van der Waals surface area (Å²) in [4.78, 5) is 34.6. The standard InChI is InChI=1S/C22H22ClN3O7S/c23-18-10-9-17(34(31,32)25-12-4-1-5-13-25)14-19(18)24-21(27)15-33-22(28)11-8-16-6-2-3-7-20(16)26(29)30/h2-3,6-11,14H,1,4-5,12-13,15H2,(H,24,27)/b11-8+. The van der Waals surface area contributed by atoms with E-state index in [2.05, 4.69) is 5.32 Å². The molecule has 3 rings (SSSR count). The number of para-hydroxylation sites is 1. The number of nitrogens with one attached hydrogen (secondary N) is 1. The van der Waals surface area contributed by atoms with Gasteiger partial charge in [0, 0.05) is 25.2 Å². The number of piperidine rings is 1. The summed E-state index contributed by atoms with van der Waals surface area (Å²) in [5.74, 6) is -1.62. The second kappa shape index (κ2) is 11.2. The molecule has 1 heterocycles. The highest BCUT2D eigenvalue weighted by atomic mass is 35.5. The fourth-order valence-corrected chi connectivity index (χ4v) is 5.05. The molecule has 2 aromatic rings. The number of rotatable bonds is 8. The van der Waals surface area contributed by atoms with Gasteiger partial charge >= 0.3 is 5.97 Å². The van der Waals surface area contributed by atoms with Crippen LogP contribution in [0.2, 0.25) is 5.02 Å². The molecular weight excluding hydrogens is 486 g/mol. The van der Waals surface area contributed by atoms with Gasteiger partial charge in [-0.05, 0) is 43.2 Å². The summed E-state index contributed by atoms with van der Waals surface area (Å²) >= 11 is 6.10. The van der Waals surface area contributed by atoms with Crippen LogP contribution in [0, 0.1) is 10.1 Å². The molecule has 0 aromatic heterocycles. The number of hydrogen-bond donors (Lipinski definition) is 1. The number of carbonyl (C=O) groups excluding carboxylic acids is 2. The number of benzene rings is 2. The highest BCUT2D eigenvalue weighted by Gasteiger charge is 2.26.